The number of hydrogen-bond acceptors (Lipinski definition) is 3. The Morgan fingerprint density at radius 2 is 1.63 bits per heavy atom. The summed E-state index contributed by atoms with van der Waals surface area (Å²) < 4.78 is 0. The first-order valence-electron chi connectivity index (χ1n) is 9.48. The topological polar surface area (TPSA) is 37.0 Å². The van der Waals surface area contributed by atoms with E-state index in [1.54, 1.807) is 0 Å². The number of nitrogens with zero attached hydrogens (tertiary/aromatic N) is 1. The third-order valence-electron chi connectivity index (χ3n) is 5.29. The first-order chi connectivity index (χ1) is 13.2. The maximum absolute atomic E-state index is 6.12. The number of nitrogens with one attached hydrogen (secondary N) is 2. The highest BCUT2D eigenvalue weighted by molar-refractivity contribution is 6.31. The van der Waals surface area contributed by atoms with E-state index in [9.17, 15) is 0 Å². The van der Waals surface area contributed by atoms with Gasteiger partial charge in [-0.15, -0.1) is 0 Å². The van der Waals surface area contributed by atoms with E-state index in [4.69, 9.17) is 23.2 Å². The molecule has 1 saturated carbocycles. The molecule has 5 heteroatoms. The van der Waals surface area contributed by atoms with Crippen LogP contribution >= 0.6 is 23.2 Å². The monoisotopic (exact) mass is 399 g/mol. The molecule has 0 spiro atoms. The zero-order valence-corrected chi connectivity index (χ0v) is 16.6. The molecular formula is C22H23Cl2N3. The van der Waals surface area contributed by atoms with Gasteiger partial charge in [-0.2, -0.15) is 0 Å². The quantitative estimate of drug-likeness (QED) is 0.547. The van der Waals surface area contributed by atoms with E-state index < -0.39 is 0 Å². The van der Waals surface area contributed by atoms with Gasteiger partial charge in [0.25, 0.3) is 0 Å². The molecule has 1 fully saturated rings. The smallest absolute Gasteiger partial charge is 0.0737 e. The molecule has 2 aromatic carbocycles. The van der Waals surface area contributed by atoms with Crippen molar-refractivity contribution in [2.75, 3.05) is 5.32 Å². The van der Waals surface area contributed by atoms with Crippen LogP contribution in [-0.2, 0) is 6.54 Å². The number of halogens is 2. The van der Waals surface area contributed by atoms with E-state index in [0.29, 0.717) is 17.1 Å². The summed E-state index contributed by atoms with van der Waals surface area (Å²) in [5.41, 5.74) is 3.31. The van der Waals surface area contributed by atoms with Crippen LogP contribution in [0.25, 0.3) is 10.9 Å². The lowest BCUT2D eigenvalue weighted by atomic mass is 9.89. The third-order valence-corrected chi connectivity index (χ3v) is 5.78. The van der Waals surface area contributed by atoms with Gasteiger partial charge in [-0.3, -0.25) is 4.98 Å². The molecule has 1 heterocycles. The molecule has 0 saturated heterocycles. The Labute approximate surface area is 170 Å². The van der Waals surface area contributed by atoms with Crippen LogP contribution in [0.2, 0.25) is 10.0 Å². The van der Waals surface area contributed by atoms with Gasteiger partial charge in [0.2, 0.25) is 0 Å². The highest BCUT2D eigenvalue weighted by Crippen LogP contribution is 2.28. The Hall–Kier alpha value is -1.81. The van der Waals surface area contributed by atoms with Crippen LogP contribution in [0.1, 0.15) is 31.2 Å². The first-order valence-corrected chi connectivity index (χ1v) is 10.2. The van der Waals surface area contributed by atoms with Crippen LogP contribution in [0, 0.1) is 0 Å². The van der Waals surface area contributed by atoms with Crippen molar-refractivity contribution < 1.29 is 0 Å². The van der Waals surface area contributed by atoms with Crippen LogP contribution in [0.15, 0.2) is 54.7 Å². The molecular weight excluding hydrogens is 377 g/mol. The summed E-state index contributed by atoms with van der Waals surface area (Å²) in [7, 11) is 0. The molecule has 140 valence electrons. The van der Waals surface area contributed by atoms with Gasteiger partial charge in [0, 0.05) is 45.9 Å². The molecule has 0 bridgehead atoms. The van der Waals surface area contributed by atoms with Gasteiger partial charge in [0.1, 0.15) is 0 Å². The fraction of sp³-hybridized carbons (Fsp3) is 0.318. The van der Waals surface area contributed by atoms with Crippen LogP contribution in [0.5, 0.6) is 0 Å². The van der Waals surface area contributed by atoms with Gasteiger partial charge in [0.05, 0.1) is 5.52 Å². The van der Waals surface area contributed by atoms with Crippen molar-refractivity contribution in [3.05, 3.63) is 70.3 Å². The van der Waals surface area contributed by atoms with E-state index in [-0.39, 0.29) is 0 Å². The van der Waals surface area contributed by atoms with Crippen molar-refractivity contribution in [2.24, 2.45) is 0 Å². The van der Waals surface area contributed by atoms with Crippen LogP contribution < -0.4 is 10.6 Å². The van der Waals surface area contributed by atoms with Crippen molar-refractivity contribution in [3.63, 3.8) is 0 Å². The summed E-state index contributed by atoms with van der Waals surface area (Å²) >= 11 is 12.1. The first kappa shape index (κ1) is 18.5. The average Bonchev–Trinajstić information content (AvgIpc) is 2.68. The average molecular weight is 400 g/mol. The fourth-order valence-electron chi connectivity index (χ4n) is 3.85. The Kier molecular flexibility index (Phi) is 5.82. The summed E-state index contributed by atoms with van der Waals surface area (Å²) in [5.74, 6) is 0. The lowest BCUT2D eigenvalue weighted by molar-refractivity contribution is 0.342. The number of fused-ring (bicyclic) bond motifs is 1. The summed E-state index contributed by atoms with van der Waals surface area (Å²) in [6.45, 7) is 0.854. The lowest BCUT2D eigenvalue weighted by Gasteiger charge is -2.34. The largest absolute Gasteiger partial charge is 0.380 e. The molecule has 3 aromatic rings. The molecule has 1 aliphatic carbocycles. The van der Waals surface area contributed by atoms with Gasteiger partial charge < -0.3 is 10.6 Å². The Morgan fingerprint density at radius 1 is 0.889 bits per heavy atom. The molecule has 0 aliphatic heterocycles. The van der Waals surface area contributed by atoms with E-state index in [1.807, 2.05) is 36.5 Å². The van der Waals surface area contributed by atoms with Crippen molar-refractivity contribution in [1.29, 1.82) is 0 Å². The molecule has 2 atom stereocenters. The minimum absolute atomic E-state index is 0.396. The van der Waals surface area contributed by atoms with Gasteiger partial charge in [0.15, 0.2) is 0 Å². The maximum atomic E-state index is 6.12. The minimum atomic E-state index is 0.396. The summed E-state index contributed by atoms with van der Waals surface area (Å²) in [6.07, 6.45) is 6.71. The predicted octanol–water partition coefficient (Wildman–Crippen LogP) is 6.05. The molecule has 2 N–H and O–H groups in total. The number of aromatic nitrogens is 1. The lowest BCUT2D eigenvalue weighted by Crippen LogP contribution is -2.45. The van der Waals surface area contributed by atoms with Gasteiger partial charge >= 0.3 is 0 Å². The third kappa shape index (κ3) is 4.55. The van der Waals surface area contributed by atoms with Crippen molar-refractivity contribution in [3.8, 4) is 0 Å². The molecule has 0 radical (unpaired) electrons. The molecule has 0 amide bonds. The maximum Gasteiger partial charge on any atom is 0.0737 e. The minimum Gasteiger partial charge on any atom is -0.380 e. The Balaban J connectivity index is 1.48. The molecule has 0 unspecified atom stereocenters. The van der Waals surface area contributed by atoms with Crippen LogP contribution in [0.3, 0.4) is 0 Å². The number of anilines is 1. The Bertz CT molecular complexity index is 911. The van der Waals surface area contributed by atoms with Crippen molar-refractivity contribution in [2.45, 2.75) is 44.3 Å². The summed E-state index contributed by atoms with van der Waals surface area (Å²) in [6, 6.07) is 16.8. The van der Waals surface area contributed by atoms with E-state index in [2.05, 4.69) is 33.8 Å². The second-order valence-corrected chi connectivity index (χ2v) is 8.04. The zero-order valence-electron chi connectivity index (χ0n) is 15.1. The predicted molar refractivity (Wildman–Crippen MR) is 115 cm³/mol. The summed E-state index contributed by atoms with van der Waals surface area (Å²) in [5, 5.41) is 10.1. The fourth-order valence-corrected chi connectivity index (χ4v) is 4.14. The molecule has 1 aliphatic rings. The van der Waals surface area contributed by atoms with Crippen LogP contribution in [-0.4, -0.2) is 17.1 Å². The number of hydrogen-bond donors (Lipinski definition) is 2. The highest BCUT2D eigenvalue weighted by atomic mass is 35.5. The molecule has 4 rings (SSSR count). The molecule has 3 nitrogen and oxygen atoms in total. The SMILES string of the molecule is Clc1ccc(CN[C@H]2CCCC[C@@H]2Nc2ccnc3cc(Cl)ccc23)cc1. The van der Waals surface area contributed by atoms with E-state index >= 15 is 0 Å². The zero-order chi connectivity index (χ0) is 18.6. The normalized spacial score (nSPS) is 19.9. The highest BCUT2D eigenvalue weighted by Gasteiger charge is 2.25. The van der Waals surface area contributed by atoms with E-state index in [0.717, 1.165) is 34.6 Å². The standard InChI is InChI=1S/C22H23Cl2N3/c23-16-7-5-15(6-8-16)14-26-20-3-1-2-4-21(20)27-19-11-12-25-22-13-17(24)9-10-18(19)22/h5-13,20-21,26H,1-4,14H2,(H,25,27)/t20-,21-/m0/s1. The van der Waals surface area contributed by atoms with Crippen molar-refractivity contribution in [1.82, 2.24) is 10.3 Å². The second-order valence-electron chi connectivity index (χ2n) is 7.17. The number of pyridine rings is 1. The van der Waals surface area contributed by atoms with Gasteiger partial charge in [-0.1, -0.05) is 48.2 Å². The molecule has 27 heavy (non-hydrogen) atoms. The van der Waals surface area contributed by atoms with Gasteiger partial charge in [-0.25, -0.2) is 0 Å². The van der Waals surface area contributed by atoms with Crippen molar-refractivity contribution >= 4 is 39.8 Å². The van der Waals surface area contributed by atoms with Crippen LogP contribution in [0.4, 0.5) is 5.69 Å². The van der Waals surface area contributed by atoms with E-state index in [1.165, 1.54) is 24.8 Å². The molecule has 1 aromatic heterocycles. The van der Waals surface area contributed by atoms with Gasteiger partial charge in [-0.05, 0) is 54.8 Å². The Morgan fingerprint density at radius 3 is 2.44 bits per heavy atom. The summed E-state index contributed by atoms with van der Waals surface area (Å²) in [4.78, 5) is 4.45. The second kappa shape index (κ2) is 8.47. The number of rotatable bonds is 5. The number of benzene rings is 2.